The molecule has 4 rings (SSSR count). The molecule has 0 spiro atoms. The maximum absolute atomic E-state index is 12.9. The van der Waals surface area contributed by atoms with Gasteiger partial charge in [-0.25, -0.2) is 0 Å². The summed E-state index contributed by atoms with van der Waals surface area (Å²) in [6.07, 6.45) is 1.73. The van der Waals surface area contributed by atoms with Gasteiger partial charge < -0.3 is 14.2 Å². The lowest BCUT2D eigenvalue weighted by Gasteiger charge is -2.10. The van der Waals surface area contributed by atoms with Crippen LogP contribution in [0, 0.1) is 0 Å². The number of methoxy groups -OCH3 is 1. The maximum atomic E-state index is 12.9. The van der Waals surface area contributed by atoms with E-state index in [1.807, 2.05) is 31.2 Å². The number of thiazole rings is 1. The summed E-state index contributed by atoms with van der Waals surface area (Å²) in [7, 11) is 1.58. The molecule has 2 heterocycles. The van der Waals surface area contributed by atoms with Crippen molar-refractivity contribution in [3.05, 3.63) is 62.9 Å². The van der Waals surface area contributed by atoms with E-state index in [-0.39, 0.29) is 5.56 Å². The van der Waals surface area contributed by atoms with Crippen molar-refractivity contribution in [3.8, 4) is 28.6 Å². The molecule has 158 valence electrons. The molecule has 2 aromatic heterocycles. The first kappa shape index (κ1) is 20.5. The molecule has 4 aromatic rings. The number of nitrogens with zero attached hydrogens (tertiary/aromatic N) is 3. The monoisotopic (exact) mass is 437 g/mol. The second-order valence-corrected chi connectivity index (χ2v) is 7.49. The smallest absolute Gasteiger partial charge is 0.308 e. The zero-order valence-corrected chi connectivity index (χ0v) is 17.9. The molecule has 0 aliphatic heterocycles. The first-order valence-electron chi connectivity index (χ1n) is 9.50. The molecule has 31 heavy (non-hydrogen) atoms. The molecule has 0 saturated heterocycles. The van der Waals surface area contributed by atoms with E-state index in [2.05, 4.69) is 10.1 Å². The van der Waals surface area contributed by atoms with Crippen LogP contribution >= 0.6 is 11.3 Å². The fourth-order valence-electron chi connectivity index (χ4n) is 3.05. The van der Waals surface area contributed by atoms with Crippen LogP contribution in [-0.2, 0) is 4.79 Å². The normalized spacial score (nSPS) is 11.6. The molecule has 0 amide bonds. The van der Waals surface area contributed by atoms with Crippen molar-refractivity contribution in [3.63, 3.8) is 0 Å². The van der Waals surface area contributed by atoms with Crippen LogP contribution in [0.5, 0.6) is 17.2 Å². The lowest BCUT2D eigenvalue weighted by molar-refractivity contribution is -0.132. The van der Waals surface area contributed by atoms with E-state index in [9.17, 15) is 9.59 Å². The molecule has 9 heteroatoms. The number of esters is 1. The van der Waals surface area contributed by atoms with Crippen LogP contribution in [0.25, 0.3) is 22.4 Å². The van der Waals surface area contributed by atoms with Gasteiger partial charge in [0.05, 0.1) is 23.8 Å². The highest BCUT2D eigenvalue weighted by atomic mass is 32.1. The van der Waals surface area contributed by atoms with Crippen molar-refractivity contribution < 1.29 is 19.0 Å². The van der Waals surface area contributed by atoms with Gasteiger partial charge >= 0.3 is 5.97 Å². The molecule has 0 radical (unpaired) electrons. The molecule has 0 aliphatic carbocycles. The van der Waals surface area contributed by atoms with Crippen LogP contribution in [0.15, 0.2) is 47.3 Å². The fourth-order valence-corrected chi connectivity index (χ4v) is 3.96. The minimum absolute atomic E-state index is 0.268. The van der Waals surface area contributed by atoms with Gasteiger partial charge in [0.25, 0.3) is 5.56 Å². The summed E-state index contributed by atoms with van der Waals surface area (Å²) < 4.78 is 17.8. The molecule has 0 bridgehead atoms. The van der Waals surface area contributed by atoms with E-state index < -0.39 is 5.97 Å². The SMILES string of the molecule is CCOc1cc(C=c2sc3nc(-c4ccccc4OC)nn3c2=O)ccc1OC(C)=O. The standard InChI is InChI=1S/C22H19N3O5S/c1-4-29-18-11-14(9-10-17(18)30-13(2)26)12-19-21(27)25-22(31-19)23-20(24-25)15-7-5-6-8-16(15)28-3/h5-12H,4H2,1-3H3. The molecule has 0 fully saturated rings. The molecule has 0 unspecified atom stereocenters. The van der Waals surface area contributed by atoms with Crippen LogP contribution in [0.3, 0.4) is 0 Å². The average molecular weight is 437 g/mol. The Kier molecular flexibility index (Phi) is 5.68. The number of rotatable bonds is 6. The summed E-state index contributed by atoms with van der Waals surface area (Å²) in [5, 5.41) is 4.37. The second kappa shape index (κ2) is 8.57. The molecule has 0 atom stereocenters. The van der Waals surface area contributed by atoms with Crippen molar-refractivity contribution in [2.24, 2.45) is 0 Å². The number of carbonyl (C=O) groups is 1. The Morgan fingerprint density at radius 2 is 1.97 bits per heavy atom. The van der Waals surface area contributed by atoms with Gasteiger partial charge in [-0.05, 0) is 42.8 Å². The quantitative estimate of drug-likeness (QED) is 0.338. The van der Waals surface area contributed by atoms with Crippen LogP contribution in [0.1, 0.15) is 19.4 Å². The minimum Gasteiger partial charge on any atom is -0.496 e. The minimum atomic E-state index is -0.434. The summed E-state index contributed by atoms with van der Waals surface area (Å²) in [6, 6.07) is 12.5. The molecule has 0 N–H and O–H groups in total. The molecule has 0 saturated carbocycles. The number of para-hydroxylation sites is 1. The van der Waals surface area contributed by atoms with Gasteiger partial charge in [-0.3, -0.25) is 9.59 Å². The molecule has 8 nitrogen and oxygen atoms in total. The zero-order valence-electron chi connectivity index (χ0n) is 17.1. The summed E-state index contributed by atoms with van der Waals surface area (Å²) in [4.78, 5) is 29.1. The number of fused-ring (bicyclic) bond motifs is 1. The van der Waals surface area contributed by atoms with E-state index in [1.165, 1.54) is 22.8 Å². The number of benzene rings is 2. The molecule has 0 aliphatic rings. The van der Waals surface area contributed by atoms with Crippen molar-refractivity contribution in [2.75, 3.05) is 13.7 Å². The highest BCUT2D eigenvalue weighted by Crippen LogP contribution is 2.29. The van der Waals surface area contributed by atoms with E-state index >= 15 is 0 Å². The van der Waals surface area contributed by atoms with Gasteiger partial charge in [0.1, 0.15) is 5.75 Å². The van der Waals surface area contributed by atoms with Gasteiger partial charge in [0, 0.05) is 6.92 Å². The zero-order chi connectivity index (χ0) is 22.0. The van der Waals surface area contributed by atoms with E-state index in [0.29, 0.717) is 44.7 Å². The number of hydrogen-bond donors (Lipinski definition) is 0. The Hall–Kier alpha value is -3.72. The first-order valence-corrected chi connectivity index (χ1v) is 10.3. The number of carbonyl (C=O) groups excluding carboxylic acids is 1. The van der Waals surface area contributed by atoms with Gasteiger partial charge in [-0.2, -0.15) is 9.50 Å². The Morgan fingerprint density at radius 1 is 1.16 bits per heavy atom. The molecular formula is C22H19N3O5S. The van der Waals surface area contributed by atoms with Crippen molar-refractivity contribution in [1.82, 2.24) is 14.6 Å². The Morgan fingerprint density at radius 3 is 2.68 bits per heavy atom. The third-order valence-electron chi connectivity index (χ3n) is 4.35. The van der Waals surface area contributed by atoms with Crippen LogP contribution in [-0.4, -0.2) is 34.3 Å². The summed E-state index contributed by atoms with van der Waals surface area (Å²) in [6.45, 7) is 3.57. The number of ether oxygens (including phenoxy) is 3. The predicted octanol–water partition coefficient (Wildman–Crippen LogP) is 2.70. The van der Waals surface area contributed by atoms with Gasteiger partial charge in [-0.15, -0.1) is 5.10 Å². The average Bonchev–Trinajstić information content (AvgIpc) is 3.29. The topological polar surface area (TPSA) is 92.0 Å². The Balaban J connectivity index is 1.74. The molecular weight excluding hydrogens is 418 g/mol. The lowest BCUT2D eigenvalue weighted by atomic mass is 10.2. The summed E-state index contributed by atoms with van der Waals surface area (Å²) in [5.41, 5.74) is 1.18. The Labute approximate surface area is 181 Å². The van der Waals surface area contributed by atoms with Crippen molar-refractivity contribution >= 4 is 28.3 Å². The van der Waals surface area contributed by atoms with Crippen molar-refractivity contribution in [1.29, 1.82) is 0 Å². The molecule has 2 aromatic carbocycles. The lowest BCUT2D eigenvalue weighted by Crippen LogP contribution is -2.23. The van der Waals surface area contributed by atoms with Gasteiger partial charge in [-0.1, -0.05) is 29.5 Å². The van der Waals surface area contributed by atoms with Gasteiger partial charge in [0.15, 0.2) is 17.3 Å². The van der Waals surface area contributed by atoms with Crippen molar-refractivity contribution in [2.45, 2.75) is 13.8 Å². The first-order chi connectivity index (χ1) is 15.0. The van der Waals surface area contributed by atoms with E-state index in [1.54, 1.807) is 31.4 Å². The van der Waals surface area contributed by atoms with E-state index in [4.69, 9.17) is 14.2 Å². The third-order valence-corrected chi connectivity index (χ3v) is 5.31. The number of aromatic nitrogens is 3. The summed E-state index contributed by atoms with van der Waals surface area (Å²) in [5.74, 6) is 1.39. The van der Waals surface area contributed by atoms with Crippen LogP contribution < -0.4 is 24.3 Å². The maximum Gasteiger partial charge on any atom is 0.308 e. The van der Waals surface area contributed by atoms with Crippen LogP contribution in [0.4, 0.5) is 0 Å². The van der Waals surface area contributed by atoms with Gasteiger partial charge in [0.2, 0.25) is 4.96 Å². The Bertz CT molecular complexity index is 1380. The highest BCUT2D eigenvalue weighted by molar-refractivity contribution is 7.15. The highest BCUT2D eigenvalue weighted by Gasteiger charge is 2.15. The number of hydrogen-bond acceptors (Lipinski definition) is 8. The largest absolute Gasteiger partial charge is 0.496 e. The van der Waals surface area contributed by atoms with Crippen LogP contribution in [0.2, 0.25) is 0 Å². The summed E-state index contributed by atoms with van der Waals surface area (Å²) >= 11 is 1.24. The van der Waals surface area contributed by atoms with E-state index in [0.717, 1.165) is 5.56 Å². The third kappa shape index (κ3) is 4.13. The second-order valence-electron chi connectivity index (χ2n) is 6.48. The fraction of sp³-hybridized carbons (Fsp3) is 0.182. The predicted molar refractivity (Wildman–Crippen MR) is 117 cm³/mol.